The van der Waals surface area contributed by atoms with Gasteiger partial charge in [0, 0.05) is 6.54 Å². The van der Waals surface area contributed by atoms with Crippen molar-refractivity contribution in [2.45, 2.75) is 39.0 Å². The number of nitrogens with zero attached hydrogens (tertiary/aromatic N) is 1. The number of hydrogen-bond acceptors (Lipinski definition) is 2. The van der Waals surface area contributed by atoms with Crippen molar-refractivity contribution in [2.24, 2.45) is 0 Å². The Morgan fingerprint density at radius 2 is 1.65 bits per heavy atom. The Labute approximate surface area is 128 Å². The number of benzene rings is 1. The standard InChI is InChI=1S/C15H17Cl2NO2/c1-2-3-4-5-6-9-18-13-11(17)8-7-10(16)12(13)14(19)15(18)20/h7-8H,2-6,9H2,1H3. The molecule has 0 aromatic heterocycles. The maximum absolute atomic E-state index is 12.0. The molecule has 0 atom stereocenters. The molecule has 0 unspecified atom stereocenters. The van der Waals surface area contributed by atoms with Gasteiger partial charge < -0.3 is 4.90 Å². The molecule has 0 N–H and O–H groups in total. The van der Waals surface area contributed by atoms with E-state index in [2.05, 4.69) is 6.92 Å². The molecule has 0 aliphatic carbocycles. The average Bonchev–Trinajstić information content (AvgIpc) is 2.68. The summed E-state index contributed by atoms with van der Waals surface area (Å²) >= 11 is 12.1. The van der Waals surface area contributed by atoms with Crippen molar-refractivity contribution in [1.29, 1.82) is 0 Å². The normalized spacial score (nSPS) is 14.1. The van der Waals surface area contributed by atoms with E-state index in [4.69, 9.17) is 23.2 Å². The summed E-state index contributed by atoms with van der Waals surface area (Å²) in [5, 5.41) is 0.688. The first kappa shape index (κ1) is 15.3. The van der Waals surface area contributed by atoms with Crippen LogP contribution in [0.15, 0.2) is 12.1 Å². The van der Waals surface area contributed by atoms with E-state index in [1.54, 1.807) is 12.1 Å². The van der Waals surface area contributed by atoms with Gasteiger partial charge in [0.05, 0.1) is 21.3 Å². The van der Waals surface area contributed by atoms with Crippen LogP contribution in [0.3, 0.4) is 0 Å². The number of amides is 1. The van der Waals surface area contributed by atoms with Crippen LogP contribution in [0.5, 0.6) is 0 Å². The zero-order chi connectivity index (χ0) is 14.7. The van der Waals surface area contributed by atoms with E-state index in [0.717, 1.165) is 19.3 Å². The minimum absolute atomic E-state index is 0.248. The first-order chi connectivity index (χ1) is 9.57. The van der Waals surface area contributed by atoms with Crippen molar-refractivity contribution < 1.29 is 9.59 Å². The largest absolute Gasteiger partial charge is 0.303 e. The number of fused-ring (bicyclic) bond motifs is 1. The van der Waals surface area contributed by atoms with E-state index in [1.165, 1.54) is 17.7 Å². The number of anilines is 1. The van der Waals surface area contributed by atoms with E-state index >= 15 is 0 Å². The Morgan fingerprint density at radius 3 is 2.35 bits per heavy atom. The molecule has 2 rings (SSSR count). The van der Waals surface area contributed by atoms with E-state index in [1.807, 2.05) is 0 Å². The molecule has 108 valence electrons. The van der Waals surface area contributed by atoms with Gasteiger partial charge in [0.25, 0.3) is 11.7 Å². The van der Waals surface area contributed by atoms with Gasteiger partial charge in [-0.3, -0.25) is 9.59 Å². The van der Waals surface area contributed by atoms with Crippen molar-refractivity contribution in [1.82, 2.24) is 0 Å². The maximum Gasteiger partial charge on any atom is 0.299 e. The first-order valence-corrected chi connectivity index (χ1v) is 7.67. The van der Waals surface area contributed by atoms with Crippen molar-refractivity contribution in [2.75, 3.05) is 11.4 Å². The van der Waals surface area contributed by atoms with Gasteiger partial charge in [-0.25, -0.2) is 0 Å². The van der Waals surface area contributed by atoms with Crippen LogP contribution < -0.4 is 4.90 Å². The van der Waals surface area contributed by atoms with Gasteiger partial charge in [-0.05, 0) is 18.6 Å². The van der Waals surface area contributed by atoms with Gasteiger partial charge in [0.15, 0.2) is 0 Å². The monoisotopic (exact) mass is 313 g/mol. The lowest BCUT2D eigenvalue weighted by atomic mass is 10.1. The minimum Gasteiger partial charge on any atom is -0.303 e. The Hall–Kier alpha value is -1.06. The van der Waals surface area contributed by atoms with E-state index in [-0.39, 0.29) is 10.6 Å². The second kappa shape index (κ2) is 6.59. The molecule has 1 aliphatic rings. The van der Waals surface area contributed by atoms with E-state index < -0.39 is 11.7 Å². The van der Waals surface area contributed by atoms with Crippen molar-refractivity contribution in [3.05, 3.63) is 27.7 Å². The second-order valence-electron chi connectivity index (χ2n) is 4.95. The highest BCUT2D eigenvalue weighted by atomic mass is 35.5. The molecule has 5 heteroatoms. The molecule has 3 nitrogen and oxygen atoms in total. The Bertz CT molecular complexity index is 543. The number of rotatable bonds is 6. The summed E-state index contributed by atoms with van der Waals surface area (Å²) in [5.74, 6) is -1.08. The topological polar surface area (TPSA) is 37.4 Å². The molecule has 1 aliphatic heterocycles. The highest BCUT2D eigenvalue weighted by molar-refractivity contribution is 6.56. The van der Waals surface area contributed by atoms with Crippen LogP contribution in [0.1, 0.15) is 49.4 Å². The minimum atomic E-state index is -0.555. The summed E-state index contributed by atoms with van der Waals surface area (Å²) < 4.78 is 0. The predicted octanol–water partition coefficient (Wildman–Crippen LogP) is 4.49. The summed E-state index contributed by atoms with van der Waals surface area (Å²) in [6, 6.07) is 3.18. The third-order valence-electron chi connectivity index (χ3n) is 3.50. The maximum atomic E-state index is 12.0. The van der Waals surface area contributed by atoms with Gasteiger partial charge >= 0.3 is 0 Å². The Kier molecular flexibility index (Phi) is 5.06. The number of hydrogen-bond donors (Lipinski definition) is 0. The van der Waals surface area contributed by atoms with Crippen LogP contribution in [0.4, 0.5) is 5.69 Å². The molecule has 1 heterocycles. The molecule has 0 fully saturated rings. The number of Topliss-reactive ketones (excluding diaryl/α,β-unsaturated/α-hetero) is 1. The number of halogens is 2. The summed E-state index contributed by atoms with van der Waals surface area (Å²) in [6.45, 7) is 2.67. The molecule has 20 heavy (non-hydrogen) atoms. The highest BCUT2D eigenvalue weighted by Gasteiger charge is 2.38. The molecule has 0 saturated carbocycles. The quantitative estimate of drug-likeness (QED) is 0.573. The lowest BCUT2D eigenvalue weighted by Gasteiger charge is -2.17. The summed E-state index contributed by atoms with van der Waals surface area (Å²) in [4.78, 5) is 25.5. The van der Waals surface area contributed by atoms with Crippen LogP contribution in [0.25, 0.3) is 0 Å². The second-order valence-corrected chi connectivity index (χ2v) is 5.77. The Morgan fingerprint density at radius 1 is 1.00 bits per heavy atom. The van der Waals surface area contributed by atoms with Crippen LogP contribution >= 0.6 is 23.2 Å². The van der Waals surface area contributed by atoms with Crippen molar-refractivity contribution in [3.8, 4) is 0 Å². The number of ketones is 1. The van der Waals surface area contributed by atoms with E-state index in [9.17, 15) is 9.59 Å². The Balaban J connectivity index is 2.14. The van der Waals surface area contributed by atoms with Gasteiger partial charge in [-0.1, -0.05) is 55.8 Å². The van der Waals surface area contributed by atoms with Gasteiger partial charge in [-0.2, -0.15) is 0 Å². The first-order valence-electron chi connectivity index (χ1n) is 6.92. The summed E-state index contributed by atoms with van der Waals surface area (Å²) in [6.07, 6.45) is 5.41. The molecule has 1 aromatic carbocycles. The molecule has 0 radical (unpaired) electrons. The third-order valence-corrected chi connectivity index (χ3v) is 4.12. The molecule has 1 aromatic rings. The highest BCUT2D eigenvalue weighted by Crippen LogP contribution is 2.40. The smallest absolute Gasteiger partial charge is 0.299 e. The molecule has 0 saturated heterocycles. The number of unbranched alkanes of at least 4 members (excludes halogenated alkanes) is 4. The predicted molar refractivity (Wildman–Crippen MR) is 81.9 cm³/mol. The van der Waals surface area contributed by atoms with Gasteiger partial charge in [0.1, 0.15) is 0 Å². The third kappa shape index (κ3) is 2.84. The average molecular weight is 314 g/mol. The molecule has 1 amide bonds. The van der Waals surface area contributed by atoms with Crippen LogP contribution in [-0.2, 0) is 4.79 Å². The fourth-order valence-corrected chi connectivity index (χ4v) is 2.94. The lowest BCUT2D eigenvalue weighted by Crippen LogP contribution is -2.30. The van der Waals surface area contributed by atoms with Crippen LogP contribution in [-0.4, -0.2) is 18.2 Å². The van der Waals surface area contributed by atoms with Crippen molar-refractivity contribution in [3.63, 3.8) is 0 Å². The molecular formula is C15H17Cl2NO2. The molecule has 0 bridgehead atoms. The zero-order valence-electron chi connectivity index (χ0n) is 11.4. The summed E-state index contributed by atoms with van der Waals surface area (Å²) in [7, 11) is 0. The molecular weight excluding hydrogens is 297 g/mol. The van der Waals surface area contributed by atoms with Crippen LogP contribution in [0, 0.1) is 0 Å². The zero-order valence-corrected chi connectivity index (χ0v) is 12.9. The van der Waals surface area contributed by atoms with Crippen LogP contribution in [0.2, 0.25) is 10.0 Å². The van der Waals surface area contributed by atoms with Crippen molar-refractivity contribution >= 4 is 40.6 Å². The fraction of sp³-hybridized carbons (Fsp3) is 0.467. The molecule has 0 spiro atoms. The lowest BCUT2D eigenvalue weighted by molar-refractivity contribution is -0.114. The fourth-order valence-electron chi connectivity index (χ4n) is 2.44. The number of carbonyl (C=O) groups excluding carboxylic acids is 2. The van der Waals surface area contributed by atoms with E-state index in [0.29, 0.717) is 17.3 Å². The number of carbonyl (C=O) groups is 2. The summed E-state index contributed by atoms with van der Waals surface area (Å²) in [5.41, 5.74) is 0.724. The SMILES string of the molecule is CCCCCCCN1C(=O)C(=O)c2c(Cl)ccc(Cl)c21. The van der Waals surface area contributed by atoms with Gasteiger partial charge in [0.2, 0.25) is 0 Å². The van der Waals surface area contributed by atoms with Gasteiger partial charge in [-0.15, -0.1) is 0 Å².